The van der Waals surface area contributed by atoms with Crippen LogP contribution < -0.4 is 0 Å². The Labute approximate surface area is 106 Å². The van der Waals surface area contributed by atoms with Gasteiger partial charge < -0.3 is 0 Å². The van der Waals surface area contributed by atoms with E-state index in [1.165, 1.54) is 69.8 Å². The van der Waals surface area contributed by atoms with E-state index in [2.05, 4.69) is 18.2 Å². The zero-order valence-corrected chi connectivity index (χ0v) is 11.0. The standard InChI is InChI=1S/C17H25/c1(2-4-7-13-17-14-15-17)3-6-10-16-11-8-5-9-12-16/h5,8-9,11,17H,1-4,6-7,10,13-15H2. The lowest BCUT2D eigenvalue weighted by Crippen LogP contribution is -1.86. The van der Waals surface area contributed by atoms with Crippen molar-refractivity contribution in [2.45, 2.75) is 64.2 Å². The van der Waals surface area contributed by atoms with E-state index in [-0.39, 0.29) is 0 Å². The quantitative estimate of drug-likeness (QED) is 0.512. The molecule has 0 saturated heterocycles. The van der Waals surface area contributed by atoms with E-state index in [0.29, 0.717) is 0 Å². The molecule has 1 aliphatic carbocycles. The van der Waals surface area contributed by atoms with Gasteiger partial charge in [-0.1, -0.05) is 75.6 Å². The van der Waals surface area contributed by atoms with Gasteiger partial charge in [0.15, 0.2) is 0 Å². The van der Waals surface area contributed by atoms with Crippen LogP contribution in [0.5, 0.6) is 0 Å². The van der Waals surface area contributed by atoms with Crippen LogP contribution in [0.1, 0.15) is 63.4 Å². The number of rotatable bonds is 9. The fourth-order valence-electron chi connectivity index (χ4n) is 2.45. The van der Waals surface area contributed by atoms with Crippen LogP contribution in [-0.4, -0.2) is 0 Å². The molecule has 1 aromatic carbocycles. The molecule has 0 heteroatoms. The first-order valence-corrected chi connectivity index (χ1v) is 7.41. The van der Waals surface area contributed by atoms with E-state index >= 15 is 0 Å². The van der Waals surface area contributed by atoms with Crippen molar-refractivity contribution < 1.29 is 0 Å². The Morgan fingerprint density at radius 3 is 2.41 bits per heavy atom. The van der Waals surface area contributed by atoms with Gasteiger partial charge in [-0.15, -0.1) is 0 Å². The smallest absolute Gasteiger partial charge is 0.0149 e. The van der Waals surface area contributed by atoms with Crippen molar-refractivity contribution in [1.29, 1.82) is 0 Å². The molecular formula is C17H25. The minimum Gasteiger partial charge on any atom is -0.0620 e. The summed E-state index contributed by atoms with van der Waals surface area (Å²) in [6, 6.07) is 11.7. The second kappa shape index (κ2) is 7.53. The third-order valence-electron chi connectivity index (χ3n) is 3.78. The van der Waals surface area contributed by atoms with Crippen molar-refractivity contribution in [1.82, 2.24) is 0 Å². The van der Waals surface area contributed by atoms with E-state index in [9.17, 15) is 0 Å². The molecular weight excluding hydrogens is 204 g/mol. The van der Waals surface area contributed by atoms with Crippen LogP contribution in [-0.2, 0) is 6.42 Å². The van der Waals surface area contributed by atoms with Crippen LogP contribution in [0.25, 0.3) is 0 Å². The highest BCUT2D eigenvalue weighted by atomic mass is 14.3. The molecule has 2 rings (SSSR count). The fraction of sp³-hybridized carbons (Fsp3) is 0.647. The van der Waals surface area contributed by atoms with Crippen LogP contribution in [0.2, 0.25) is 0 Å². The van der Waals surface area contributed by atoms with Gasteiger partial charge in [-0.05, 0) is 30.4 Å². The van der Waals surface area contributed by atoms with Gasteiger partial charge in [0, 0.05) is 0 Å². The van der Waals surface area contributed by atoms with E-state index in [1.54, 1.807) is 0 Å². The summed E-state index contributed by atoms with van der Waals surface area (Å²) in [5.41, 5.74) is 1.38. The molecule has 1 fully saturated rings. The molecule has 0 N–H and O–H groups in total. The minimum absolute atomic E-state index is 1.13. The number of hydrogen-bond acceptors (Lipinski definition) is 0. The molecule has 0 aliphatic heterocycles. The van der Waals surface area contributed by atoms with Crippen molar-refractivity contribution in [3.05, 3.63) is 35.9 Å². The van der Waals surface area contributed by atoms with Gasteiger partial charge in [0.05, 0.1) is 0 Å². The van der Waals surface area contributed by atoms with Crippen molar-refractivity contribution >= 4 is 0 Å². The Morgan fingerprint density at radius 2 is 1.71 bits per heavy atom. The molecule has 0 heterocycles. The largest absolute Gasteiger partial charge is 0.0620 e. The Morgan fingerprint density at radius 1 is 0.941 bits per heavy atom. The second-order valence-electron chi connectivity index (χ2n) is 5.49. The summed E-state index contributed by atoms with van der Waals surface area (Å²) >= 11 is 0. The van der Waals surface area contributed by atoms with E-state index < -0.39 is 0 Å². The highest BCUT2D eigenvalue weighted by Crippen LogP contribution is 2.34. The zero-order chi connectivity index (χ0) is 11.8. The van der Waals surface area contributed by atoms with E-state index in [1.807, 2.05) is 12.1 Å². The van der Waals surface area contributed by atoms with Crippen molar-refractivity contribution in [2.24, 2.45) is 5.92 Å². The normalized spacial score (nSPS) is 15.1. The topological polar surface area (TPSA) is 0 Å². The average Bonchev–Trinajstić information content (AvgIpc) is 3.18. The SMILES string of the molecule is [c]1ccccc1CCCCCCCCC1CC1. The van der Waals surface area contributed by atoms with E-state index in [4.69, 9.17) is 0 Å². The maximum atomic E-state index is 3.30. The Bertz CT molecular complexity index is 284. The Balaban J connectivity index is 1.38. The summed E-state index contributed by atoms with van der Waals surface area (Å²) in [6.07, 6.45) is 14.3. The third-order valence-corrected chi connectivity index (χ3v) is 3.78. The van der Waals surface area contributed by atoms with Gasteiger partial charge in [0.2, 0.25) is 0 Å². The molecule has 0 atom stereocenters. The highest BCUT2D eigenvalue weighted by Gasteiger charge is 2.19. The summed E-state index contributed by atoms with van der Waals surface area (Å²) in [6.45, 7) is 0. The van der Waals surface area contributed by atoms with Crippen LogP contribution >= 0.6 is 0 Å². The van der Waals surface area contributed by atoms with Gasteiger partial charge in [-0.2, -0.15) is 0 Å². The summed E-state index contributed by atoms with van der Waals surface area (Å²) in [7, 11) is 0. The molecule has 1 aromatic rings. The number of aryl methyl sites for hydroxylation is 1. The monoisotopic (exact) mass is 229 g/mol. The van der Waals surface area contributed by atoms with Crippen LogP contribution in [0, 0.1) is 12.0 Å². The second-order valence-corrected chi connectivity index (χ2v) is 5.49. The molecule has 0 bridgehead atoms. The number of unbranched alkanes of at least 4 members (excludes halogenated alkanes) is 5. The molecule has 1 aliphatic rings. The van der Waals surface area contributed by atoms with Crippen molar-refractivity contribution in [3.8, 4) is 0 Å². The number of benzene rings is 1. The predicted molar refractivity (Wildman–Crippen MR) is 74.0 cm³/mol. The highest BCUT2D eigenvalue weighted by molar-refractivity contribution is 5.12. The van der Waals surface area contributed by atoms with Crippen molar-refractivity contribution in [3.63, 3.8) is 0 Å². The summed E-state index contributed by atoms with van der Waals surface area (Å²) in [5.74, 6) is 1.13. The van der Waals surface area contributed by atoms with Gasteiger partial charge >= 0.3 is 0 Å². The lowest BCUT2D eigenvalue weighted by Gasteiger charge is -2.02. The zero-order valence-electron chi connectivity index (χ0n) is 11.0. The molecule has 0 amide bonds. The van der Waals surface area contributed by atoms with Gasteiger partial charge in [-0.25, -0.2) is 0 Å². The Kier molecular flexibility index (Phi) is 5.61. The van der Waals surface area contributed by atoms with Crippen molar-refractivity contribution in [2.75, 3.05) is 0 Å². The molecule has 17 heavy (non-hydrogen) atoms. The first-order valence-electron chi connectivity index (χ1n) is 7.41. The minimum atomic E-state index is 1.13. The number of hydrogen-bond donors (Lipinski definition) is 0. The molecule has 0 unspecified atom stereocenters. The third kappa shape index (κ3) is 5.91. The van der Waals surface area contributed by atoms with Crippen LogP contribution in [0.15, 0.2) is 24.3 Å². The van der Waals surface area contributed by atoms with Crippen LogP contribution in [0.4, 0.5) is 0 Å². The van der Waals surface area contributed by atoms with Gasteiger partial charge in [-0.3, -0.25) is 0 Å². The van der Waals surface area contributed by atoms with E-state index in [0.717, 1.165) is 5.92 Å². The first-order chi connectivity index (χ1) is 8.45. The molecule has 0 nitrogen and oxygen atoms in total. The maximum Gasteiger partial charge on any atom is -0.0149 e. The van der Waals surface area contributed by atoms with Gasteiger partial charge in [0.25, 0.3) is 0 Å². The average molecular weight is 229 g/mol. The lowest BCUT2D eigenvalue weighted by atomic mass is 10.0. The molecule has 0 spiro atoms. The lowest BCUT2D eigenvalue weighted by molar-refractivity contribution is 0.561. The molecule has 93 valence electrons. The molecule has 1 radical (unpaired) electrons. The van der Waals surface area contributed by atoms with Gasteiger partial charge in [0.1, 0.15) is 0 Å². The maximum absolute atomic E-state index is 3.30. The summed E-state index contributed by atoms with van der Waals surface area (Å²) < 4.78 is 0. The van der Waals surface area contributed by atoms with Crippen LogP contribution in [0.3, 0.4) is 0 Å². The fourth-order valence-corrected chi connectivity index (χ4v) is 2.45. The molecule has 1 saturated carbocycles. The predicted octanol–water partition coefficient (Wildman–Crippen LogP) is 5.17. The Hall–Kier alpha value is -0.780. The molecule has 0 aromatic heterocycles. The summed E-state index contributed by atoms with van der Waals surface area (Å²) in [4.78, 5) is 0. The summed E-state index contributed by atoms with van der Waals surface area (Å²) in [5, 5.41) is 0. The first kappa shape index (κ1) is 12.7.